The van der Waals surface area contributed by atoms with Gasteiger partial charge in [-0.05, 0) is 54.0 Å². The van der Waals surface area contributed by atoms with Crippen molar-refractivity contribution in [1.82, 2.24) is 14.5 Å². The van der Waals surface area contributed by atoms with Crippen molar-refractivity contribution >= 4 is 11.3 Å². The van der Waals surface area contributed by atoms with Gasteiger partial charge in [-0.3, -0.25) is 9.13 Å². The van der Waals surface area contributed by atoms with E-state index in [2.05, 4.69) is 72.3 Å². The van der Waals surface area contributed by atoms with Crippen molar-refractivity contribution in [3.8, 4) is 16.9 Å². The molecule has 32 heavy (non-hydrogen) atoms. The Morgan fingerprint density at radius 2 is 1.91 bits per heavy atom. The van der Waals surface area contributed by atoms with Crippen LogP contribution in [-0.4, -0.2) is 15.2 Å². The smallest absolute Gasteiger partial charge is 0.333 e. The number of allylic oxidation sites excluding steroid dienone is 4. The molecule has 2 N–H and O–H groups in total. The Bertz CT molecular complexity index is 1430. The summed E-state index contributed by atoms with van der Waals surface area (Å²) < 4.78 is 3.60. The zero-order chi connectivity index (χ0) is 21.8. The van der Waals surface area contributed by atoms with E-state index in [1.807, 2.05) is 35.9 Å². The molecule has 0 saturated carbocycles. The molecule has 1 unspecified atom stereocenters. The molecule has 158 valence electrons. The maximum atomic E-state index is 13.2. The first kappa shape index (κ1) is 18.8. The molecule has 0 amide bonds. The lowest BCUT2D eigenvalue weighted by molar-refractivity contribution is 0.784. The van der Waals surface area contributed by atoms with E-state index in [1.54, 1.807) is 4.57 Å². The molecule has 2 aliphatic heterocycles. The number of imidazole rings is 1. The third-order valence-corrected chi connectivity index (χ3v) is 6.53. The monoisotopic (exact) mass is 420 g/mol. The van der Waals surface area contributed by atoms with E-state index in [-0.39, 0.29) is 11.7 Å². The average molecular weight is 421 g/mol. The van der Waals surface area contributed by atoms with Crippen LogP contribution in [0.25, 0.3) is 22.5 Å². The summed E-state index contributed by atoms with van der Waals surface area (Å²) in [5.41, 5.74) is 9.58. The van der Waals surface area contributed by atoms with E-state index in [9.17, 15) is 4.79 Å². The summed E-state index contributed by atoms with van der Waals surface area (Å²) in [6, 6.07) is 14.8. The fraction of sp³-hybridized carbons (Fsp3) is 0.148. The molecule has 0 bridgehead atoms. The quantitative estimate of drug-likeness (QED) is 0.644. The summed E-state index contributed by atoms with van der Waals surface area (Å²) in [6.07, 6.45) is 12.8. The number of hydrogen-bond donors (Lipinski definition) is 2. The van der Waals surface area contributed by atoms with Crippen LogP contribution in [0, 0.1) is 6.92 Å². The van der Waals surface area contributed by atoms with Gasteiger partial charge >= 0.3 is 5.69 Å². The molecule has 0 radical (unpaired) electrons. The highest BCUT2D eigenvalue weighted by Gasteiger charge is 2.26. The van der Waals surface area contributed by atoms with Crippen LogP contribution in [0.1, 0.15) is 16.8 Å². The summed E-state index contributed by atoms with van der Waals surface area (Å²) >= 11 is 0. The Kier molecular flexibility index (Phi) is 4.12. The molecule has 3 aromatic rings. The predicted molar refractivity (Wildman–Crippen MR) is 130 cm³/mol. The van der Waals surface area contributed by atoms with E-state index in [0.717, 1.165) is 39.5 Å². The molecule has 0 saturated heterocycles. The minimum atomic E-state index is -0.0263. The first-order chi connectivity index (χ1) is 15.6. The highest BCUT2D eigenvalue weighted by atomic mass is 16.1. The lowest BCUT2D eigenvalue weighted by atomic mass is 9.92. The predicted octanol–water partition coefficient (Wildman–Crippen LogP) is 4.44. The summed E-state index contributed by atoms with van der Waals surface area (Å²) in [5, 5.41) is 6.97. The number of nitrogens with zero attached hydrogens (tertiary/aromatic N) is 2. The Balaban J connectivity index is 1.51. The Morgan fingerprint density at radius 3 is 2.75 bits per heavy atom. The highest BCUT2D eigenvalue weighted by molar-refractivity contribution is 5.87. The SMILES string of the molecule is Cc1ccc(-n2c3c(n(C)c2=O)CNc2ccc(C4=CNC5C=CC=CC5=C4)cc2-3)cc1. The van der Waals surface area contributed by atoms with Gasteiger partial charge in [-0.15, -0.1) is 0 Å². The van der Waals surface area contributed by atoms with Gasteiger partial charge in [0.05, 0.1) is 29.7 Å². The maximum absolute atomic E-state index is 13.2. The van der Waals surface area contributed by atoms with E-state index < -0.39 is 0 Å². The molecule has 5 nitrogen and oxygen atoms in total. The van der Waals surface area contributed by atoms with Crippen LogP contribution >= 0.6 is 0 Å². The lowest BCUT2D eigenvalue weighted by Gasteiger charge is -2.25. The number of fused-ring (bicyclic) bond motifs is 4. The summed E-state index contributed by atoms with van der Waals surface area (Å²) in [7, 11) is 1.85. The van der Waals surface area contributed by atoms with Crippen LogP contribution in [0.5, 0.6) is 0 Å². The first-order valence-electron chi connectivity index (χ1n) is 10.9. The van der Waals surface area contributed by atoms with Crippen molar-refractivity contribution in [2.24, 2.45) is 7.05 Å². The number of rotatable bonds is 2. The Hall–Kier alpha value is -3.99. The third-order valence-electron chi connectivity index (χ3n) is 6.53. The van der Waals surface area contributed by atoms with Crippen LogP contribution in [0.4, 0.5) is 5.69 Å². The van der Waals surface area contributed by atoms with Gasteiger partial charge in [0.25, 0.3) is 0 Å². The molecule has 1 atom stereocenters. The molecule has 3 aliphatic rings. The number of aryl methyl sites for hydroxylation is 1. The molecule has 5 heteroatoms. The van der Waals surface area contributed by atoms with Gasteiger partial charge in [0, 0.05) is 24.5 Å². The van der Waals surface area contributed by atoms with Crippen LogP contribution in [0.2, 0.25) is 0 Å². The van der Waals surface area contributed by atoms with Gasteiger partial charge in [-0.2, -0.15) is 0 Å². The van der Waals surface area contributed by atoms with Gasteiger partial charge in [0.2, 0.25) is 0 Å². The number of dihydropyridines is 1. The third kappa shape index (κ3) is 2.82. The highest BCUT2D eigenvalue weighted by Crippen LogP contribution is 2.38. The van der Waals surface area contributed by atoms with Crippen LogP contribution in [0.15, 0.2) is 89.4 Å². The van der Waals surface area contributed by atoms with E-state index >= 15 is 0 Å². The largest absolute Gasteiger partial charge is 0.380 e. The van der Waals surface area contributed by atoms with Crippen molar-refractivity contribution in [2.75, 3.05) is 5.32 Å². The zero-order valence-electron chi connectivity index (χ0n) is 18.1. The van der Waals surface area contributed by atoms with E-state index in [4.69, 9.17) is 0 Å². The Morgan fingerprint density at radius 1 is 1.06 bits per heavy atom. The second kappa shape index (κ2) is 7.02. The van der Waals surface area contributed by atoms with Crippen molar-refractivity contribution in [1.29, 1.82) is 0 Å². The van der Waals surface area contributed by atoms with Gasteiger partial charge in [0.15, 0.2) is 0 Å². The molecule has 0 fully saturated rings. The molecule has 1 aliphatic carbocycles. The topological polar surface area (TPSA) is 51.0 Å². The van der Waals surface area contributed by atoms with Crippen molar-refractivity contribution in [2.45, 2.75) is 19.5 Å². The summed E-state index contributed by atoms with van der Waals surface area (Å²) in [6.45, 7) is 2.68. The molecular weight excluding hydrogens is 396 g/mol. The number of aromatic nitrogens is 2. The van der Waals surface area contributed by atoms with Crippen molar-refractivity contribution < 1.29 is 0 Å². The molecule has 0 spiro atoms. The first-order valence-corrected chi connectivity index (χ1v) is 10.9. The van der Waals surface area contributed by atoms with Gasteiger partial charge in [-0.1, -0.05) is 48.1 Å². The number of benzene rings is 2. The van der Waals surface area contributed by atoms with Crippen LogP contribution < -0.4 is 16.3 Å². The van der Waals surface area contributed by atoms with Crippen molar-refractivity contribution in [3.05, 3.63) is 112 Å². The van der Waals surface area contributed by atoms with Gasteiger partial charge in [-0.25, -0.2) is 4.79 Å². The van der Waals surface area contributed by atoms with Gasteiger partial charge < -0.3 is 10.6 Å². The minimum Gasteiger partial charge on any atom is -0.380 e. The normalized spacial score (nSPS) is 18.0. The second-order valence-corrected chi connectivity index (χ2v) is 8.55. The standard InChI is InChI=1S/C27H24N4O/c1-17-7-10-21(11-8-17)31-26-22-14-18(20-13-19-5-3-4-6-23(19)28-15-20)9-12-24(22)29-16-25(26)30(2)27(31)32/h3-15,23,28-29H,16H2,1-2H3. The molecule has 3 heterocycles. The van der Waals surface area contributed by atoms with Crippen LogP contribution in [0.3, 0.4) is 0 Å². The average Bonchev–Trinajstić information content (AvgIpc) is 3.09. The summed E-state index contributed by atoms with van der Waals surface area (Å²) in [4.78, 5) is 13.2. The second-order valence-electron chi connectivity index (χ2n) is 8.55. The van der Waals surface area contributed by atoms with E-state index in [0.29, 0.717) is 6.54 Å². The molecular formula is C27H24N4O. The maximum Gasteiger partial charge on any atom is 0.333 e. The zero-order valence-corrected chi connectivity index (χ0v) is 18.1. The number of nitrogens with one attached hydrogen (secondary N) is 2. The van der Waals surface area contributed by atoms with Crippen LogP contribution in [-0.2, 0) is 13.6 Å². The fourth-order valence-electron chi connectivity index (χ4n) is 4.73. The minimum absolute atomic E-state index is 0.0263. The lowest BCUT2D eigenvalue weighted by Crippen LogP contribution is -2.27. The number of hydrogen-bond acceptors (Lipinski definition) is 3. The van der Waals surface area contributed by atoms with Crippen molar-refractivity contribution in [3.63, 3.8) is 0 Å². The molecule has 6 rings (SSSR count). The van der Waals surface area contributed by atoms with E-state index in [1.165, 1.54) is 11.1 Å². The fourth-order valence-corrected chi connectivity index (χ4v) is 4.73. The number of anilines is 1. The molecule has 1 aromatic heterocycles. The van der Waals surface area contributed by atoms with Gasteiger partial charge in [0.1, 0.15) is 0 Å². The Labute approximate surface area is 186 Å². The molecule has 2 aromatic carbocycles. The summed E-state index contributed by atoms with van der Waals surface area (Å²) in [5.74, 6) is 0.